The monoisotopic (exact) mass is 441 g/mol. The van der Waals surface area contributed by atoms with E-state index < -0.39 is 21.0 Å². The number of nitrogens with zero attached hydrogens (tertiary/aromatic N) is 4. The van der Waals surface area contributed by atoms with Crippen LogP contribution in [0.5, 0.6) is 0 Å². The molecule has 12 heteroatoms. The Hall–Kier alpha value is -2.57. The molecule has 1 aliphatic rings. The van der Waals surface area contributed by atoms with E-state index in [1.54, 1.807) is 20.8 Å². The van der Waals surface area contributed by atoms with Gasteiger partial charge in [0.05, 0.1) is 11.5 Å². The number of carbonyl (C=O) groups is 2. The van der Waals surface area contributed by atoms with E-state index in [2.05, 4.69) is 5.32 Å². The third-order valence-electron chi connectivity index (χ3n) is 5.02. The van der Waals surface area contributed by atoms with Crippen LogP contribution in [0, 0.1) is 17.0 Å². The van der Waals surface area contributed by atoms with Crippen LogP contribution < -0.4 is 5.32 Å². The van der Waals surface area contributed by atoms with Gasteiger partial charge in [-0.25, -0.2) is 0 Å². The minimum Gasteiger partial charge on any atom is -0.343 e. The van der Waals surface area contributed by atoms with Crippen molar-refractivity contribution in [3.05, 3.63) is 39.4 Å². The van der Waals surface area contributed by atoms with Gasteiger partial charge in [0.2, 0.25) is 5.91 Å². The number of carbonyl (C=O) groups excluding carboxylic acids is 2. The Morgan fingerprint density at radius 1 is 1.17 bits per heavy atom. The number of nitro groups is 1. The molecule has 1 aliphatic heterocycles. The molecule has 1 heterocycles. The van der Waals surface area contributed by atoms with Crippen molar-refractivity contribution in [2.45, 2.75) is 20.8 Å². The molecule has 0 spiro atoms. The number of piperazine rings is 1. The summed E-state index contributed by atoms with van der Waals surface area (Å²) in [6.07, 6.45) is 0. The summed E-state index contributed by atoms with van der Waals surface area (Å²) in [6.45, 7) is 6.41. The normalized spacial score (nSPS) is 15.3. The van der Waals surface area contributed by atoms with E-state index in [0.717, 1.165) is 0 Å². The first-order valence-corrected chi connectivity index (χ1v) is 11.1. The first kappa shape index (κ1) is 23.7. The molecule has 0 bridgehead atoms. The van der Waals surface area contributed by atoms with Crippen molar-refractivity contribution in [2.24, 2.45) is 0 Å². The molecule has 1 fully saturated rings. The molecule has 0 atom stereocenters. The van der Waals surface area contributed by atoms with Crippen LogP contribution in [0.1, 0.15) is 29.8 Å². The van der Waals surface area contributed by atoms with Gasteiger partial charge in [-0.2, -0.15) is 17.0 Å². The minimum atomic E-state index is -3.55. The van der Waals surface area contributed by atoms with Gasteiger partial charge in [-0.05, 0) is 13.0 Å². The second kappa shape index (κ2) is 9.96. The Morgan fingerprint density at radius 3 is 2.30 bits per heavy atom. The number of benzene rings is 1. The Kier molecular flexibility index (Phi) is 7.87. The maximum Gasteiger partial charge on any atom is 0.282 e. The van der Waals surface area contributed by atoms with Crippen molar-refractivity contribution in [1.82, 2.24) is 18.8 Å². The van der Waals surface area contributed by atoms with Crippen LogP contribution in [0.2, 0.25) is 0 Å². The molecular formula is C18H27N5O6S. The average molecular weight is 442 g/mol. The van der Waals surface area contributed by atoms with Crippen LogP contribution in [0.4, 0.5) is 5.69 Å². The number of nitro benzene ring substituents is 1. The highest BCUT2D eigenvalue weighted by atomic mass is 32.2. The molecular weight excluding hydrogens is 414 g/mol. The van der Waals surface area contributed by atoms with Crippen molar-refractivity contribution in [3.63, 3.8) is 0 Å². The smallest absolute Gasteiger partial charge is 0.282 e. The maximum absolute atomic E-state index is 12.5. The lowest BCUT2D eigenvalue weighted by Gasteiger charge is -2.36. The predicted molar refractivity (Wildman–Crippen MR) is 110 cm³/mol. The van der Waals surface area contributed by atoms with E-state index in [0.29, 0.717) is 18.7 Å². The van der Waals surface area contributed by atoms with Crippen LogP contribution in [0.25, 0.3) is 0 Å². The Labute approximate surface area is 176 Å². The number of amides is 2. The Balaban J connectivity index is 1.91. The molecule has 0 aromatic heterocycles. The molecule has 0 radical (unpaired) electrons. The van der Waals surface area contributed by atoms with Crippen LogP contribution >= 0.6 is 0 Å². The van der Waals surface area contributed by atoms with Gasteiger partial charge < -0.3 is 10.2 Å². The molecule has 1 saturated heterocycles. The quantitative estimate of drug-likeness (QED) is 0.458. The fraction of sp³-hybridized carbons (Fsp3) is 0.556. The van der Waals surface area contributed by atoms with Crippen LogP contribution in [0.15, 0.2) is 18.2 Å². The second-order valence-electron chi connectivity index (χ2n) is 6.81. The lowest BCUT2D eigenvalue weighted by molar-refractivity contribution is -0.385. The summed E-state index contributed by atoms with van der Waals surface area (Å²) in [7, 11) is -3.55. The van der Waals surface area contributed by atoms with Gasteiger partial charge in [-0.3, -0.25) is 19.7 Å². The van der Waals surface area contributed by atoms with Crippen LogP contribution in [0.3, 0.4) is 0 Å². The Morgan fingerprint density at radius 2 is 1.77 bits per heavy atom. The lowest BCUT2D eigenvalue weighted by atomic mass is 10.1. The van der Waals surface area contributed by atoms with Gasteiger partial charge in [0.25, 0.3) is 21.8 Å². The highest BCUT2D eigenvalue weighted by Gasteiger charge is 2.32. The molecule has 1 aromatic carbocycles. The van der Waals surface area contributed by atoms with E-state index >= 15 is 0 Å². The van der Waals surface area contributed by atoms with Gasteiger partial charge in [0.15, 0.2) is 0 Å². The summed E-state index contributed by atoms with van der Waals surface area (Å²) in [5.74, 6) is -0.931. The third-order valence-corrected chi connectivity index (χ3v) is 7.20. The standard InChI is InChI=1S/C18H27N5O6S/c1-4-21(5-2)30(28,29)22-10-8-20(9-11-22)17(24)13-19-18(25)15-7-6-14(3)16(12-15)23(26)27/h6-7,12H,4-5,8-11,13H2,1-3H3,(H,19,25). The fourth-order valence-corrected chi connectivity index (χ4v) is 4.80. The summed E-state index contributed by atoms with van der Waals surface area (Å²) in [5, 5.41) is 13.5. The maximum atomic E-state index is 12.5. The van der Waals surface area contributed by atoms with E-state index in [9.17, 15) is 28.1 Å². The number of hydrogen-bond acceptors (Lipinski definition) is 6. The summed E-state index contributed by atoms with van der Waals surface area (Å²) < 4.78 is 27.8. The number of hydrogen-bond donors (Lipinski definition) is 1. The highest BCUT2D eigenvalue weighted by Crippen LogP contribution is 2.19. The summed E-state index contributed by atoms with van der Waals surface area (Å²) >= 11 is 0. The molecule has 166 valence electrons. The van der Waals surface area contributed by atoms with Gasteiger partial charge in [-0.15, -0.1) is 0 Å². The van der Waals surface area contributed by atoms with Crippen molar-refractivity contribution in [3.8, 4) is 0 Å². The molecule has 30 heavy (non-hydrogen) atoms. The molecule has 1 N–H and O–H groups in total. The number of aryl methyl sites for hydroxylation is 1. The summed E-state index contributed by atoms with van der Waals surface area (Å²) in [5.41, 5.74) is 0.361. The SMILES string of the molecule is CCN(CC)S(=O)(=O)N1CCN(C(=O)CNC(=O)c2ccc(C)c([N+](=O)[O-])c2)CC1. The van der Waals surface area contributed by atoms with Gasteiger partial charge in [0, 0.05) is 56.5 Å². The molecule has 0 unspecified atom stereocenters. The lowest BCUT2D eigenvalue weighted by Crippen LogP contribution is -2.55. The Bertz CT molecular complexity index is 908. The molecule has 0 saturated carbocycles. The first-order chi connectivity index (χ1) is 14.1. The molecule has 11 nitrogen and oxygen atoms in total. The second-order valence-corrected chi connectivity index (χ2v) is 8.74. The molecule has 2 amide bonds. The first-order valence-electron chi connectivity index (χ1n) is 9.68. The zero-order valence-corrected chi connectivity index (χ0v) is 18.1. The van der Waals surface area contributed by atoms with Crippen molar-refractivity contribution >= 4 is 27.7 Å². The largest absolute Gasteiger partial charge is 0.343 e. The van der Waals surface area contributed by atoms with Gasteiger partial charge in [-0.1, -0.05) is 19.9 Å². The number of rotatable bonds is 8. The average Bonchev–Trinajstić information content (AvgIpc) is 2.72. The minimum absolute atomic E-state index is 0.0928. The zero-order chi connectivity index (χ0) is 22.5. The van der Waals surface area contributed by atoms with E-state index in [4.69, 9.17) is 0 Å². The third kappa shape index (κ3) is 5.32. The van der Waals surface area contributed by atoms with E-state index in [1.807, 2.05) is 0 Å². The topological polar surface area (TPSA) is 133 Å². The van der Waals surface area contributed by atoms with Crippen molar-refractivity contribution in [1.29, 1.82) is 0 Å². The molecule has 2 rings (SSSR count). The summed E-state index contributed by atoms with van der Waals surface area (Å²) in [4.78, 5) is 36.6. The fourth-order valence-electron chi connectivity index (χ4n) is 3.20. The van der Waals surface area contributed by atoms with Gasteiger partial charge >= 0.3 is 0 Å². The molecule has 1 aromatic rings. The van der Waals surface area contributed by atoms with E-state index in [1.165, 1.54) is 31.7 Å². The van der Waals surface area contributed by atoms with Crippen molar-refractivity contribution in [2.75, 3.05) is 45.8 Å². The van der Waals surface area contributed by atoms with Gasteiger partial charge in [0.1, 0.15) is 0 Å². The van der Waals surface area contributed by atoms with E-state index in [-0.39, 0.29) is 49.9 Å². The van der Waals surface area contributed by atoms with Crippen LogP contribution in [-0.4, -0.2) is 84.5 Å². The number of nitrogens with one attached hydrogen (secondary N) is 1. The highest BCUT2D eigenvalue weighted by molar-refractivity contribution is 7.86. The molecule has 0 aliphatic carbocycles. The summed E-state index contributed by atoms with van der Waals surface area (Å²) in [6, 6.07) is 4.11. The predicted octanol–water partition coefficient (Wildman–Crippen LogP) is 0.364. The van der Waals surface area contributed by atoms with Crippen molar-refractivity contribution < 1.29 is 22.9 Å². The zero-order valence-electron chi connectivity index (χ0n) is 17.3. The van der Waals surface area contributed by atoms with Crippen LogP contribution in [-0.2, 0) is 15.0 Å².